The molecule has 0 spiro atoms. The van der Waals surface area contributed by atoms with Crippen LogP contribution in [-0.4, -0.2) is 17.8 Å². The van der Waals surface area contributed by atoms with Crippen LogP contribution in [-0.2, 0) is 0 Å². The third kappa shape index (κ3) is 5.25. The number of furan rings is 1. The fourth-order valence-electron chi connectivity index (χ4n) is 1.48. The van der Waals surface area contributed by atoms with Crippen LogP contribution in [0, 0.1) is 5.41 Å². The molecule has 0 atom stereocenters. The van der Waals surface area contributed by atoms with Crippen LogP contribution >= 0.6 is 31.9 Å². The largest absolute Gasteiger partial charge is 0.444 e. The molecule has 1 rings (SSSR count). The maximum absolute atomic E-state index is 11.7. The van der Waals surface area contributed by atoms with Crippen LogP contribution in [0.15, 0.2) is 21.2 Å². The Hall–Kier alpha value is -0.290. The van der Waals surface area contributed by atoms with Gasteiger partial charge in [-0.3, -0.25) is 4.79 Å². The van der Waals surface area contributed by atoms with Crippen molar-refractivity contribution in [2.75, 3.05) is 11.9 Å². The Morgan fingerprint density at radius 1 is 1.47 bits per heavy atom. The Morgan fingerprint density at radius 3 is 2.71 bits per heavy atom. The van der Waals surface area contributed by atoms with Crippen LogP contribution in [0.25, 0.3) is 0 Å². The van der Waals surface area contributed by atoms with Crippen molar-refractivity contribution >= 4 is 37.8 Å². The van der Waals surface area contributed by atoms with Gasteiger partial charge in [-0.25, -0.2) is 0 Å². The first-order chi connectivity index (χ1) is 7.94. The van der Waals surface area contributed by atoms with Gasteiger partial charge in [0.15, 0.2) is 10.4 Å². The summed E-state index contributed by atoms with van der Waals surface area (Å²) in [7, 11) is 0. The number of amides is 1. The van der Waals surface area contributed by atoms with Gasteiger partial charge in [0.25, 0.3) is 5.91 Å². The summed E-state index contributed by atoms with van der Waals surface area (Å²) < 4.78 is 5.76. The maximum atomic E-state index is 11.7. The van der Waals surface area contributed by atoms with Crippen LogP contribution in [0.3, 0.4) is 0 Å². The standard InChI is InChI=1S/C12H17Br2NO2/c1-12(2,6-3-7-13)8-15-11(16)9-4-5-10(14)17-9/h4-5H,3,6-8H2,1-2H3,(H,15,16). The lowest BCUT2D eigenvalue weighted by atomic mass is 9.88. The first-order valence-corrected chi connectivity index (χ1v) is 7.45. The molecule has 0 saturated heterocycles. The van der Waals surface area contributed by atoms with Gasteiger partial charge in [-0.1, -0.05) is 29.8 Å². The molecule has 0 radical (unpaired) electrons. The van der Waals surface area contributed by atoms with E-state index in [1.54, 1.807) is 12.1 Å². The summed E-state index contributed by atoms with van der Waals surface area (Å²) in [5.41, 5.74) is 0.104. The van der Waals surface area contributed by atoms with Crippen molar-refractivity contribution in [2.24, 2.45) is 5.41 Å². The molecule has 96 valence electrons. The van der Waals surface area contributed by atoms with E-state index in [1.165, 1.54) is 0 Å². The highest BCUT2D eigenvalue weighted by Crippen LogP contribution is 2.22. The quantitative estimate of drug-likeness (QED) is 0.774. The summed E-state index contributed by atoms with van der Waals surface area (Å²) in [6.07, 6.45) is 2.18. The SMILES string of the molecule is CC(C)(CCCBr)CNC(=O)c1ccc(Br)o1. The second-order valence-corrected chi connectivity index (χ2v) is 6.32. The molecule has 1 aromatic rings. The predicted octanol–water partition coefficient (Wildman–Crippen LogP) is 3.97. The normalized spacial score (nSPS) is 11.5. The summed E-state index contributed by atoms with van der Waals surface area (Å²) in [5.74, 6) is 0.177. The number of hydrogen-bond donors (Lipinski definition) is 1. The van der Waals surface area contributed by atoms with E-state index in [4.69, 9.17) is 4.42 Å². The minimum Gasteiger partial charge on any atom is -0.444 e. The summed E-state index contributed by atoms with van der Waals surface area (Å²) >= 11 is 6.59. The van der Waals surface area contributed by atoms with E-state index in [0.717, 1.165) is 18.2 Å². The molecule has 0 aliphatic heterocycles. The highest BCUT2D eigenvalue weighted by atomic mass is 79.9. The number of hydrogen-bond acceptors (Lipinski definition) is 2. The number of alkyl halides is 1. The lowest BCUT2D eigenvalue weighted by molar-refractivity contribution is 0.0905. The lowest BCUT2D eigenvalue weighted by Crippen LogP contribution is -2.33. The van der Waals surface area contributed by atoms with Gasteiger partial charge in [0.05, 0.1) is 0 Å². The highest BCUT2D eigenvalue weighted by molar-refractivity contribution is 9.10. The van der Waals surface area contributed by atoms with Gasteiger partial charge in [0.1, 0.15) is 0 Å². The number of rotatable bonds is 6. The maximum Gasteiger partial charge on any atom is 0.287 e. The second kappa shape index (κ2) is 6.59. The van der Waals surface area contributed by atoms with E-state index in [-0.39, 0.29) is 11.3 Å². The molecule has 3 nitrogen and oxygen atoms in total. The van der Waals surface area contributed by atoms with Gasteiger partial charge in [-0.2, -0.15) is 0 Å². The first kappa shape index (κ1) is 14.8. The zero-order chi connectivity index (χ0) is 12.9. The number of carbonyl (C=O) groups is 1. The summed E-state index contributed by atoms with van der Waals surface area (Å²) in [4.78, 5) is 11.7. The minimum absolute atomic E-state index is 0.104. The van der Waals surface area contributed by atoms with Crippen LogP contribution in [0.5, 0.6) is 0 Å². The fraction of sp³-hybridized carbons (Fsp3) is 0.583. The van der Waals surface area contributed by atoms with Crippen molar-refractivity contribution < 1.29 is 9.21 Å². The zero-order valence-electron chi connectivity index (χ0n) is 10.1. The van der Waals surface area contributed by atoms with Crippen molar-refractivity contribution in [1.82, 2.24) is 5.32 Å². The molecule has 0 fully saturated rings. The molecule has 1 aromatic heterocycles. The van der Waals surface area contributed by atoms with Gasteiger partial charge >= 0.3 is 0 Å². The first-order valence-electron chi connectivity index (χ1n) is 5.54. The molecule has 1 amide bonds. The molecule has 17 heavy (non-hydrogen) atoms. The zero-order valence-corrected chi connectivity index (χ0v) is 13.2. The average molecular weight is 367 g/mol. The average Bonchev–Trinajstić information content (AvgIpc) is 2.70. The Labute approximate surface area is 119 Å². The minimum atomic E-state index is -0.164. The Bertz CT molecular complexity index is 374. The summed E-state index contributed by atoms with van der Waals surface area (Å²) in [5, 5.41) is 3.89. The fourth-order valence-corrected chi connectivity index (χ4v) is 2.06. The van der Waals surface area contributed by atoms with Gasteiger partial charge in [0, 0.05) is 11.9 Å². The summed E-state index contributed by atoms with van der Waals surface area (Å²) in [6.45, 7) is 4.94. The monoisotopic (exact) mass is 365 g/mol. The van der Waals surface area contributed by atoms with Crippen LogP contribution < -0.4 is 5.32 Å². The Balaban J connectivity index is 2.42. The van der Waals surface area contributed by atoms with E-state index in [9.17, 15) is 4.79 Å². The number of nitrogens with one attached hydrogen (secondary N) is 1. The Morgan fingerprint density at radius 2 is 2.18 bits per heavy atom. The van der Waals surface area contributed by atoms with E-state index < -0.39 is 0 Å². The van der Waals surface area contributed by atoms with Crippen molar-refractivity contribution in [3.05, 3.63) is 22.6 Å². The topological polar surface area (TPSA) is 42.2 Å². The van der Waals surface area contributed by atoms with E-state index in [1.807, 2.05) is 0 Å². The molecule has 0 saturated carbocycles. The van der Waals surface area contributed by atoms with Gasteiger partial charge in [-0.15, -0.1) is 0 Å². The van der Waals surface area contributed by atoms with Crippen LogP contribution in [0.2, 0.25) is 0 Å². The highest BCUT2D eigenvalue weighted by Gasteiger charge is 2.19. The van der Waals surface area contributed by atoms with E-state index in [0.29, 0.717) is 17.0 Å². The molecule has 0 aliphatic carbocycles. The molecular weight excluding hydrogens is 350 g/mol. The van der Waals surface area contributed by atoms with Crippen molar-refractivity contribution in [1.29, 1.82) is 0 Å². The van der Waals surface area contributed by atoms with E-state index in [2.05, 4.69) is 51.0 Å². The molecule has 1 heterocycles. The molecular formula is C12H17Br2NO2. The molecule has 0 unspecified atom stereocenters. The Kier molecular flexibility index (Phi) is 5.73. The molecule has 0 aliphatic rings. The van der Waals surface area contributed by atoms with Crippen molar-refractivity contribution in [2.45, 2.75) is 26.7 Å². The summed E-state index contributed by atoms with van der Waals surface area (Å²) in [6, 6.07) is 3.37. The number of halogens is 2. The van der Waals surface area contributed by atoms with E-state index >= 15 is 0 Å². The smallest absolute Gasteiger partial charge is 0.287 e. The predicted molar refractivity (Wildman–Crippen MR) is 75.6 cm³/mol. The van der Waals surface area contributed by atoms with Gasteiger partial charge in [0.2, 0.25) is 0 Å². The van der Waals surface area contributed by atoms with Gasteiger partial charge in [-0.05, 0) is 46.3 Å². The van der Waals surface area contributed by atoms with Crippen molar-refractivity contribution in [3.8, 4) is 0 Å². The molecule has 0 bridgehead atoms. The second-order valence-electron chi connectivity index (χ2n) is 4.74. The molecule has 5 heteroatoms. The van der Waals surface area contributed by atoms with Crippen LogP contribution in [0.4, 0.5) is 0 Å². The van der Waals surface area contributed by atoms with Crippen LogP contribution in [0.1, 0.15) is 37.2 Å². The number of carbonyl (C=O) groups excluding carboxylic acids is 1. The third-order valence-corrected chi connectivity index (χ3v) is 3.50. The third-order valence-electron chi connectivity index (χ3n) is 2.51. The molecule has 0 aromatic carbocycles. The van der Waals surface area contributed by atoms with Crippen molar-refractivity contribution in [3.63, 3.8) is 0 Å². The van der Waals surface area contributed by atoms with Gasteiger partial charge < -0.3 is 9.73 Å². The lowest BCUT2D eigenvalue weighted by Gasteiger charge is -2.24. The molecule has 1 N–H and O–H groups in total.